The van der Waals surface area contributed by atoms with Gasteiger partial charge in [0.2, 0.25) is 0 Å². The van der Waals surface area contributed by atoms with Crippen LogP contribution in [-0.4, -0.2) is 149 Å². The second kappa shape index (κ2) is 14.8. The molecule has 0 aliphatic carbocycles. The smallest absolute Gasteiger partial charge is 0.135 e. The van der Waals surface area contributed by atoms with Crippen molar-refractivity contribution in [3.63, 3.8) is 0 Å². The topological polar surface area (TPSA) is 13.1 Å². The number of fused-ring (bicyclic) bond motifs is 6. The van der Waals surface area contributed by atoms with Crippen LogP contribution in [0.25, 0.3) is 87.6 Å². The standard InChI is InChI=1S/C42H7B19O/c43-24-19(30(49)31(50)21-20(24)32(51)33(52)22(25(21)44)23-34(53)40(59)42(61)41(60)35(23)54)14-17-15(26(45)36(55)38(57)28(17)47)13(16-18(14)29(48)39(58)37(56)27(16)46)8-5-6-12-10(7-8)9-3-1-2-4-11(9)62-12/h1-7H. The van der Waals surface area contributed by atoms with Gasteiger partial charge in [0, 0.05) is 10.8 Å². The van der Waals surface area contributed by atoms with E-state index >= 15 is 0 Å². The summed E-state index contributed by atoms with van der Waals surface area (Å²) in [4.78, 5) is 0. The summed E-state index contributed by atoms with van der Waals surface area (Å²) in [6.45, 7) is 0. The molecule has 0 N–H and O–H groups in total. The second-order valence-electron chi connectivity index (χ2n) is 15.3. The Morgan fingerprint density at radius 2 is 0.565 bits per heavy atom. The van der Waals surface area contributed by atoms with Gasteiger partial charge in [-0.05, 0) is 83.9 Å². The molecule has 1 aromatic heterocycles. The van der Waals surface area contributed by atoms with Crippen molar-refractivity contribution in [1.29, 1.82) is 0 Å². The molecule has 0 bridgehead atoms. The van der Waals surface area contributed by atoms with Gasteiger partial charge in [-0.15, -0.1) is 38.2 Å². The third-order valence-electron chi connectivity index (χ3n) is 12.2. The lowest BCUT2D eigenvalue weighted by Crippen LogP contribution is -2.56. The fourth-order valence-electron chi connectivity index (χ4n) is 8.93. The fourth-order valence-corrected chi connectivity index (χ4v) is 8.93. The van der Waals surface area contributed by atoms with Crippen LogP contribution in [0.3, 0.4) is 0 Å². The van der Waals surface area contributed by atoms with Crippen LogP contribution in [0.5, 0.6) is 0 Å². The summed E-state index contributed by atoms with van der Waals surface area (Å²) in [6, 6.07) is 13.1. The highest BCUT2D eigenvalue weighted by atomic mass is 16.3. The summed E-state index contributed by atoms with van der Waals surface area (Å²) >= 11 is 0. The molecule has 1 heterocycles. The summed E-state index contributed by atoms with van der Waals surface area (Å²) < 4.78 is 6.15. The number of benzene rings is 8. The van der Waals surface area contributed by atoms with E-state index in [1.165, 1.54) is 0 Å². The quantitative estimate of drug-likeness (QED) is 0.130. The van der Waals surface area contributed by atoms with E-state index in [9.17, 15) is 0 Å². The highest BCUT2D eigenvalue weighted by molar-refractivity contribution is 6.75. The lowest BCUT2D eigenvalue weighted by molar-refractivity contribution is 0.669. The van der Waals surface area contributed by atoms with Gasteiger partial charge in [-0.25, -0.2) is 0 Å². The highest BCUT2D eigenvalue weighted by Crippen LogP contribution is 2.41. The average Bonchev–Trinajstić information content (AvgIpc) is 3.63. The summed E-state index contributed by atoms with van der Waals surface area (Å²) in [6.07, 6.45) is 0. The van der Waals surface area contributed by atoms with Crippen molar-refractivity contribution in [3.05, 3.63) is 42.5 Å². The zero-order chi connectivity index (χ0) is 44.9. The van der Waals surface area contributed by atoms with E-state index in [2.05, 4.69) is 0 Å². The molecular weight excluding hydrogens is 726 g/mol. The molecule has 0 aliphatic rings. The molecular formula is C42H7B19O. The monoisotopic (exact) mass is 736 g/mol. The number of rotatable bonds is 3. The normalized spacial score (nSPS) is 11.8. The predicted octanol–water partition coefficient (Wildman–Crippen LogP) is -10.9. The molecule has 238 valence electrons. The third-order valence-corrected chi connectivity index (χ3v) is 12.2. The molecule has 0 fully saturated rings. The lowest BCUT2D eigenvalue weighted by Gasteiger charge is -2.32. The number of furan rings is 1. The van der Waals surface area contributed by atoms with E-state index in [1.54, 1.807) is 0 Å². The van der Waals surface area contributed by atoms with Gasteiger partial charge in [-0.2, -0.15) is 0 Å². The first-order chi connectivity index (χ1) is 29.2. The zero-order valence-corrected chi connectivity index (χ0v) is 32.9. The van der Waals surface area contributed by atoms with Gasteiger partial charge in [0.1, 0.15) is 160 Å². The maximum Gasteiger partial charge on any atom is 0.135 e. The van der Waals surface area contributed by atoms with Gasteiger partial charge >= 0.3 is 0 Å². The Labute approximate surface area is 385 Å². The molecule has 1 nitrogen and oxygen atoms in total. The first-order valence-electron chi connectivity index (χ1n) is 18.7. The lowest BCUT2D eigenvalue weighted by atomic mass is 9.55. The molecule has 0 aliphatic heterocycles. The third kappa shape index (κ3) is 5.62. The molecule has 0 spiro atoms. The van der Waals surface area contributed by atoms with Crippen LogP contribution < -0.4 is 104 Å². The molecule has 38 radical (unpaired) electrons. The molecule has 9 aromatic rings. The maximum atomic E-state index is 7.22. The maximum absolute atomic E-state index is 7.22. The van der Waals surface area contributed by atoms with Gasteiger partial charge in [0.05, 0.1) is 0 Å². The van der Waals surface area contributed by atoms with Crippen molar-refractivity contribution >= 4 is 307 Å². The molecule has 0 saturated heterocycles. The Balaban J connectivity index is 1.52. The first-order valence-corrected chi connectivity index (χ1v) is 18.7. The van der Waals surface area contributed by atoms with Gasteiger partial charge in [0.15, 0.2) is 0 Å². The molecule has 0 amide bonds. The molecule has 20 heteroatoms. The van der Waals surface area contributed by atoms with E-state index in [0.29, 0.717) is 33.1 Å². The summed E-state index contributed by atoms with van der Waals surface area (Å²) in [7, 11) is 128. The van der Waals surface area contributed by atoms with Crippen molar-refractivity contribution in [1.82, 2.24) is 0 Å². The Hall–Kier alpha value is -4.43. The van der Waals surface area contributed by atoms with Crippen LogP contribution in [0.2, 0.25) is 0 Å². The molecule has 0 unspecified atom stereocenters. The van der Waals surface area contributed by atoms with Crippen molar-refractivity contribution < 1.29 is 4.42 Å². The minimum atomic E-state index is -0.113. The van der Waals surface area contributed by atoms with Gasteiger partial charge < -0.3 is 4.42 Å². The Morgan fingerprint density at radius 3 is 1.03 bits per heavy atom. The van der Waals surface area contributed by atoms with Crippen LogP contribution in [0.1, 0.15) is 0 Å². The fraction of sp³-hybridized carbons (Fsp3) is 0. The van der Waals surface area contributed by atoms with E-state index in [0.717, 1.165) is 10.8 Å². The number of hydrogen-bond donors (Lipinski definition) is 0. The van der Waals surface area contributed by atoms with Crippen LogP contribution in [0.4, 0.5) is 0 Å². The number of para-hydroxylation sites is 1. The average molecular weight is 733 g/mol. The largest absolute Gasteiger partial charge is 0.456 e. The van der Waals surface area contributed by atoms with E-state index < -0.39 is 0 Å². The van der Waals surface area contributed by atoms with Gasteiger partial charge in [-0.3, -0.25) is 0 Å². The molecule has 62 heavy (non-hydrogen) atoms. The van der Waals surface area contributed by atoms with Crippen LogP contribution in [-0.2, 0) is 0 Å². The van der Waals surface area contributed by atoms with Crippen molar-refractivity contribution in [3.8, 4) is 33.4 Å². The predicted molar refractivity (Wildman–Crippen MR) is 285 cm³/mol. The van der Waals surface area contributed by atoms with Crippen LogP contribution in [0.15, 0.2) is 46.9 Å². The minimum Gasteiger partial charge on any atom is -0.456 e. The van der Waals surface area contributed by atoms with Crippen molar-refractivity contribution in [2.75, 3.05) is 0 Å². The SMILES string of the molecule is [B]c1c([B])c([B])c(-c2c([B])c([B])c3c([B])c(-c4c5c([B])c([B])c([B])c([B])c5c(-c5ccc6oc7ccccc7c6c5)c5c([B])c([B])c([B])c([B])c45)c([B])c([B])c3c2[B])c([B])c1[B]. The minimum absolute atomic E-state index is 0.00914. The summed E-state index contributed by atoms with van der Waals surface area (Å²) in [5, 5.41) is 2.83. The van der Waals surface area contributed by atoms with Crippen LogP contribution >= 0.6 is 0 Å². The van der Waals surface area contributed by atoms with Crippen LogP contribution in [0, 0.1) is 0 Å². The van der Waals surface area contributed by atoms with E-state index in [1.807, 2.05) is 42.5 Å². The van der Waals surface area contributed by atoms with E-state index in [4.69, 9.17) is 153 Å². The molecule has 8 aromatic carbocycles. The second-order valence-corrected chi connectivity index (χ2v) is 15.3. The Bertz CT molecular complexity index is 3460. The number of hydrogen-bond acceptors (Lipinski definition) is 1. The molecule has 0 saturated carbocycles. The highest BCUT2D eigenvalue weighted by Gasteiger charge is 2.29. The van der Waals surface area contributed by atoms with Gasteiger partial charge in [-0.1, -0.05) is 89.8 Å². The Kier molecular flexibility index (Phi) is 10.2. The molecule has 0 atom stereocenters. The van der Waals surface area contributed by atoms with Gasteiger partial charge in [0.25, 0.3) is 0 Å². The summed E-state index contributed by atoms with van der Waals surface area (Å²) in [5.74, 6) is 0. The first kappa shape index (κ1) is 42.9. The van der Waals surface area contributed by atoms with Crippen molar-refractivity contribution in [2.24, 2.45) is 0 Å². The molecule has 9 rings (SSSR count). The van der Waals surface area contributed by atoms with Crippen molar-refractivity contribution in [2.45, 2.75) is 0 Å². The Morgan fingerprint density at radius 1 is 0.242 bits per heavy atom. The van der Waals surface area contributed by atoms with E-state index in [-0.39, 0.29) is 148 Å². The zero-order valence-electron chi connectivity index (χ0n) is 32.9. The summed E-state index contributed by atoms with van der Waals surface area (Å²) in [5.41, 5.74) is 1.79.